The first-order valence-corrected chi connectivity index (χ1v) is 8.15. The van der Waals surface area contributed by atoms with Crippen molar-refractivity contribution in [3.63, 3.8) is 0 Å². The van der Waals surface area contributed by atoms with Crippen LogP contribution >= 0.6 is 0 Å². The van der Waals surface area contributed by atoms with Gasteiger partial charge in [-0.2, -0.15) is 4.31 Å². The first-order chi connectivity index (χ1) is 9.18. The summed E-state index contributed by atoms with van der Waals surface area (Å²) in [5.74, 6) is 0. The number of rotatable bonds is 2. The predicted octanol–water partition coefficient (Wildman–Crippen LogP) is -0.0738. The number of sulfonamides is 1. The van der Waals surface area contributed by atoms with E-state index < -0.39 is 10.0 Å². The van der Waals surface area contributed by atoms with Crippen LogP contribution in [0.25, 0.3) is 0 Å². The summed E-state index contributed by atoms with van der Waals surface area (Å²) in [5, 5.41) is 6.45. The highest BCUT2D eigenvalue weighted by Crippen LogP contribution is 2.22. The van der Waals surface area contributed by atoms with E-state index in [4.69, 9.17) is 0 Å². The number of fused-ring (bicyclic) bond motifs is 1. The minimum atomic E-state index is -3.33. The van der Waals surface area contributed by atoms with Crippen LogP contribution in [0.3, 0.4) is 0 Å². The van der Waals surface area contributed by atoms with Crippen LogP contribution in [0.15, 0.2) is 23.1 Å². The summed E-state index contributed by atoms with van der Waals surface area (Å²) in [6, 6.07) is 5.55. The van der Waals surface area contributed by atoms with E-state index in [1.165, 1.54) is 5.56 Å². The third-order valence-electron chi connectivity index (χ3n) is 3.78. The molecule has 2 N–H and O–H groups in total. The van der Waals surface area contributed by atoms with Gasteiger partial charge in [-0.3, -0.25) is 0 Å². The van der Waals surface area contributed by atoms with Crippen LogP contribution in [0.2, 0.25) is 0 Å². The van der Waals surface area contributed by atoms with Crippen LogP contribution in [-0.2, 0) is 23.0 Å². The first kappa shape index (κ1) is 13.1. The second-order valence-corrected chi connectivity index (χ2v) is 6.95. The number of hydrogen-bond acceptors (Lipinski definition) is 4. The molecule has 6 heteroatoms. The van der Waals surface area contributed by atoms with Gasteiger partial charge in [-0.05, 0) is 36.2 Å². The van der Waals surface area contributed by atoms with Crippen molar-refractivity contribution in [1.82, 2.24) is 14.9 Å². The van der Waals surface area contributed by atoms with Gasteiger partial charge in [-0.1, -0.05) is 6.07 Å². The van der Waals surface area contributed by atoms with Gasteiger partial charge >= 0.3 is 0 Å². The molecule has 0 aromatic heterocycles. The molecule has 1 aromatic rings. The van der Waals surface area contributed by atoms with Crippen LogP contribution in [0.1, 0.15) is 11.1 Å². The molecule has 0 bridgehead atoms. The fraction of sp³-hybridized carbons (Fsp3) is 0.538. The van der Waals surface area contributed by atoms with Crippen LogP contribution in [0.4, 0.5) is 0 Å². The molecule has 19 heavy (non-hydrogen) atoms. The Bertz CT molecular complexity index is 565. The molecule has 0 saturated carbocycles. The standard InChI is InChI=1S/C13H19N3O2S/c17-19(18,16-7-5-14-6-8-16)13-2-1-11-3-4-15-10-12(11)9-13/h1-2,9,14-15H,3-8,10H2. The molecule has 0 radical (unpaired) electrons. The minimum absolute atomic E-state index is 0.428. The lowest BCUT2D eigenvalue weighted by Gasteiger charge is -2.27. The van der Waals surface area contributed by atoms with Crippen molar-refractivity contribution in [3.8, 4) is 0 Å². The maximum Gasteiger partial charge on any atom is 0.243 e. The quantitative estimate of drug-likeness (QED) is 0.796. The van der Waals surface area contributed by atoms with Gasteiger partial charge in [0, 0.05) is 32.7 Å². The van der Waals surface area contributed by atoms with Gasteiger partial charge in [0.2, 0.25) is 10.0 Å². The Morgan fingerprint density at radius 1 is 1.00 bits per heavy atom. The smallest absolute Gasteiger partial charge is 0.243 e. The Kier molecular flexibility index (Phi) is 3.58. The molecule has 0 spiro atoms. The molecule has 1 fully saturated rings. The molecular formula is C13H19N3O2S. The molecule has 2 aliphatic heterocycles. The average Bonchev–Trinajstić information content (AvgIpc) is 2.47. The lowest BCUT2D eigenvalue weighted by atomic mass is 10.0. The van der Waals surface area contributed by atoms with E-state index in [1.54, 1.807) is 10.4 Å². The summed E-state index contributed by atoms with van der Waals surface area (Å²) in [6.45, 7) is 4.30. The number of nitrogens with zero attached hydrogens (tertiary/aromatic N) is 1. The summed E-state index contributed by atoms with van der Waals surface area (Å²) in [4.78, 5) is 0.428. The fourth-order valence-corrected chi connectivity index (χ4v) is 4.14. The van der Waals surface area contributed by atoms with Crippen molar-refractivity contribution >= 4 is 10.0 Å². The molecule has 2 aliphatic rings. The normalized spacial score (nSPS) is 21.1. The highest BCUT2D eigenvalue weighted by atomic mass is 32.2. The van der Waals surface area contributed by atoms with Gasteiger partial charge in [0.1, 0.15) is 0 Å². The van der Waals surface area contributed by atoms with Gasteiger partial charge in [0.25, 0.3) is 0 Å². The van der Waals surface area contributed by atoms with Gasteiger partial charge in [0.15, 0.2) is 0 Å². The zero-order chi connectivity index (χ0) is 13.3. The summed E-state index contributed by atoms with van der Waals surface area (Å²) >= 11 is 0. The summed E-state index contributed by atoms with van der Waals surface area (Å²) in [5.41, 5.74) is 2.38. The lowest BCUT2D eigenvalue weighted by Crippen LogP contribution is -2.46. The van der Waals surface area contributed by atoms with E-state index in [9.17, 15) is 8.42 Å². The largest absolute Gasteiger partial charge is 0.314 e. The van der Waals surface area contributed by atoms with E-state index in [-0.39, 0.29) is 0 Å². The number of piperazine rings is 1. The number of nitrogens with one attached hydrogen (secondary N) is 2. The third kappa shape index (κ3) is 2.53. The zero-order valence-electron chi connectivity index (χ0n) is 10.9. The minimum Gasteiger partial charge on any atom is -0.314 e. The fourth-order valence-electron chi connectivity index (χ4n) is 2.65. The second-order valence-electron chi connectivity index (χ2n) is 5.01. The van der Waals surface area contributed by atoms with Crippen molar-refractivity contribution in [2.24, 2.45) is 0 Å². The molecule has 0 unspecified atom stereocenters. The van der Waals surface area contributed by atoms with Crippen LogP contribution in [0.5, 0.6) is 0 Å². The number of benzene rings is 1. The molecule has 0 atom stereocenters. The van der Waals surface area contributed by atoms with Gasteiger partial charge in [-0.25, -0.2) is 8.42 Å². The molecule has 0 aliphatic carbocycles. The molecule has 1 saturated heterocycles. The Balaban J connectivity index is 1.92. The molecule has 104 valence electrons. The molecular weight excluding hydrogens is 262 g/mol. The van der Waals surface area contributed by atoms with Crippen LogP contribution in [-0.4, -0.2) is 45.4 Å². The average molecular weight is 281 g/mol. The van der Waals surface area contributed by atoms with Crippen molar-refractivity contribution in [2.75, 3.05) is 32.7 Å². The monoisotopic (exact) mass is 281 g/mol. The summed E-state index contributed by atoms with van der Waals surface area (Å²) in [6.07, 6.45) is 0.975. The highest BCUT2D eigenvalue weighted by Gasteiger charge is 2.26. The Morgan fingerprint density at radius 3 is 2.58 bits per heavy atom. The first-order valence-electron chi connectivity index (χ1n) is 6.71. The van der Waals surface area contributed by atoms with E-state index in [1.807, 2.05) is 12.1 Å². The van der Waals surface area contributed by atoms with E-state index >= 15 is 0 Å². The SMILES string of the molecule is O=S(=O)(c1ccc2c(c1)CNCC2)N1CCNCC1. The predicted molar refractivity (Wildman–Crippen MR) is 73.5 cm³/mol. The molecule has 3 rings (SSSR count). The Morgan fingerprint density at radius 2 is 1.79 bits per heavy atom. The van der Waals surface area contributed by atoms with E-state index in [2.05, 4.69) is 10.6 Å². The van der Waals surface area contributed by atoms with Crippen LogP contribution < -0.4 is 10.6 Å². The topological polar surface area (TPSA) is 61.4 Å². The van der Waals surface area contributed by atoms with E-state index in [0.717, 1.165) is 38.2 Å². The Labute approximate surface area is 114 Å². The van der Waals surface area contributed by atoms with Gasteiger partial charge in [0.05, 0.1) is 4.90 Å². The van der Waals surface area contributed by atoms with E-state index in [0.29, 0.717) is 18.0 Å². The second kappa shape index (κ2) is 5.20. The van der Waals surface area contributed by atoms with Gasteiger partial charge in [-0.15, -0.1) is 0 Å². The lowest BCUT2D eigenvalue weighted by molar-refractivity contribution is 0.360. The van der Waals surface area contributed by atoms with Crippen molar-refractivity contribution in [2.45, 2.75) is 17.9 Å². The molecule has 5 nitrogen and oxygen atoms in total. The number of hydrogen-bond donors (Lipinski definition) is 2. The maximum absolute atomic E-state index is 12.6. The van der Waals surface area contributed by atoms with Crippen molar-refractivity contribution in [3.05, 3.63) is 29.3 Å². The molecule has 1 aromatic carbocycles. The third-order valence-corrected chi connectivity index (χ3v) is 5.67. The van der Waals surface area contributed by atoms with Crippen molar-refractivity contribution < 1.29 is 8.42 Å². The van der Waals surface area contributed by atoms with Crippen molar-refractivity contribution in [1.29, 1.82) is 0 Å². The maximum atomic E-state index is 12.6. The van der Waals surface area contributed by atoms with Crippen LogP contribution in [0, 0.1) is 0 Å². The molecule has 0 amide bonds. The zero-order valence-corrected chi connectivity index (χ0v) is 11.7. The highest BCUT2D eigenvalue weighted by molar-refractivity contribution is 7.89. The summed E-state index contributed by atoms with van der Waals surface area (Å²) in [7, 11) is -3.33. The summed E-state index contributed by atoms with van der Waals surface area (Å²) < 4.78 is 26.7. The van der Waals surface area contributed by atoms with Gasteiger partial charge < -0.3 is 10.6 Å². The Hall–Kier alpha value is -0.950. The molecule has 2 heterocycles.